The topological polar surface area (TPSA) is 98.7 Å². The third kappa shape index (κ3) is 3.07. The van der Waals surface area contributed by atoms with E-state index in [1.165, 1.54) is 0 Å². The smallest absolute Gasteiger partial charge is 0.255 e. The molecule has 0 bridgehead atoms. The summed E-state index contributed by atoms with van der Waals surface area (Å²) in [5, 5.41) is 15.8. The van der Waals surface area contributed by atoms with Crippen LogP contribution in [0.5, 0.6) is 0 Å². The van der Waals surface area contributed by atoms with Crippen molar-refractivity contribution in [3.05, 3.63) is 29.3 Å². The number of amides is 3. The predicted molar refractivity (Wildman–Crippen MR) is 94.4 cm³/mol. The number of hydrogen-bond acceptors (Lipinski definition) is 5. The van der Waals surface area contributed by atoms with Crippen LogP contribution in [0.2, 0.25) is 0 Å². The number of rotatable bonds is 3. The molecule has 7 heteroatoms. The van der Waals surface area contributed by atoms with Crippen LogP contribution in [0.25, 0.3) is 0 Å². The average molecular weight is 357 g/mol. The molecule has 0 spiro atoms. The number of carbonyl (C=O) groups is 3. The highest BCUT2D eigenvalue weighted by molar-refractivity contribution is 6.05. The van der Waals surface area contributed by atoms with Crippen LogP contribution in [-0.4, -0.2) is 45.9 Å². The summed E-state index contributed by atoms with van der Waals surface area (Å²) in [6.07, 6.45) is 4.16. The molecule has 2 aliphatic heterocycles. The largest absolute Gasteiger partial charge is 0.391 e. The van der Waals surface area contributed by atoms with Crippen LogP contribution in [0, 0.1) is 0 Å². The zero-order valence-corrected chi connectivity index (χ0v) is 14.5. The van der Waals surface area contributed by atoms with Gasteiger partial charge in [0.25, 0.3) is 5.91 Å². The standard InChI is InChI=1S/C19H23N3O4/c23-16-4-2-1-3-14(16)20-12-5-6-13-11(9-12)10-22(19(13)26)15-7-8-17(24)21-18(15)25/h5-6,9,14-16,20,23H,1-4,7-8,10H2,(H,21,24,25)/t14-,15?,16+/m0/s1. The third-order valence-electron chi connectivity index (χ3n) is 5.61. The maximum absolute atomic E-state index is 12.7. The van der Waals surface area contributed by atoms with Crippen molar-refractivity contribution in [1.82, 2.24) is 10.2 Å². The minimum absolute atomic E-state index is 0.0325. The van der Waals surface area contributed by atoms with E-state index in [2.05, 4.69) is 10.6 Å². The zero-order chi connectivity index (χ0) is 18.3. The summed E-state index contributed by atoms with van der Waals surface area (Å²) in [7, 11) is 0. The van der Waals surface area contributed by atoms with Crippen LogP contribution in [0.3, 0.4) is 0 Å². The number of nitrogens with one attached hydrogen (secondary N) is 2. The number of carbonyl (C=O) groups excluding carboxylic acids is 3. The van der Waals surface area contributed by atoms with Gasteiger partial charge in [-0.15, -0.1) is 0 Å². The number of hydrogen-bond donors (Lipinski definition) is 3. The van der Waals surface area contributed by atoms with Crippen molar-refractivity contribution in [3.63, 3.8) is 0 Å². The Balaban J connectivity index is 1.49. The van der Waals surface area contributed by atoms with E-state index in [1.54, 1.807) is 11.0 Å². The van der Waals surface area contributed by atoms with Gasteiger partial charge in [0, 0.05) is 24.2 Å². The number of anilines is 1. The normalized spacial score (nSPS) is 28.7. The van der Waals surface area contributed by atoms with Crippen LogP contribution in [0.4, 0.5) is 5.69 Å². The Morgan fingerprint density at radius 3 is 2.69 bits per heavy atom. The van der Waals surface area contributed by atoms with Crippen molar-refractivity contribution in [2.24, 2.45) is 0 Å². The van der Waals surface area contributed by atoms with Crippen molar-refractivity contribution in [3.8, 4) is 0 Å². The number of benzene rings is 1. The van der Waals surface area contributed by atoms with Gasteiger partial charge in [0.1, 0.15) is 6.04 Å². The molecule has 3 N–H and O–H groups in total. The van der Waals surface area contributed by atoms with Gasteiger partial charge in [-0.25, -0.2) is 0 Å². The van der Waals surface area contributed by atoms with Gasteiger partial charge in [-0.1, -0.05) is 12.8 Å². The van der Waals surface area contributed by atoms with Gasteiger partial charge in [-0.3, -0.25) is 19.7 Å². The molecule has 1 unspecified atom stereocenters. The number of piperidine rings is 1. The fourth-order valence-electron chi connectivity index (χ4n) is 4.16. The third-order valence-corrected chi connectivity index (χ3v) is 5.61. The van der Waals surface area contributed by atoms with Crippen LogP contribution in [0.15, 0.2) is 18.2 Å². The molecule has 3 atom stereocenters. The van der Waals surface area contributed by atoms with E-state index in [0.29, 0.717) is 18.5 Å². The molecule has 1 aromatic carbocycles. The van der Waals surface area contributed by atoms with E-state index < -0.39 is 11.9 Å². The lowest BCUT2D eigenvalue weighted by molar-refractivity contribution is -0.136. The van der Waals surface area contributed by atoms with Gasteiger partial charge >= 0.3 is 0 Å². The maximum atomic E-state index is 12.7. The van der Waals surface area contributed by atoms with Crippen molar-refractivity contribution in [2.45, 2.75) is 63.3 Å². The van der Waals surface area contributed by atoms with E-state index in [9.17, 15) is 19.5 Å². The summed E-state index contributed by atoms with van der Waals surface area (Å²) in [6, 6.07) is 5.00. The Bertz CT molecular complexity index is 763. The first-order valence-corrected chi connectivity index (χ1v) is 9.25. The lowest BCUT2D eigenvalue weighted by atomic mass is 9.92. The maximum Gasteiger partial charge on any atom is 0.255 e. The molecule has 0 radical (unpaired) electrons. The van der Waals surface area contributed by atoms with Crippen LogP contribution in [0.1, 0.15) is 54.4 Å². The second kappa shape index (κ2) is 6.72. The van der Waals surface area contributed by atoms with E-state index >= 15 is 0 Å². The highest BCUT2D eigenvalue weighted by Gasteiger charge is 2.39. The first kappa shape index (κ1) is 17.0. The summed E-state index contributed by atoms with van der Waals surface area (Å²) >= 11 is 0. The predicted octanol–water partition coefficient (Wildman–Crippen LogP) is 1.16. The van der Waals surface area contributed by atoms with Gasteiger partial charge < -0.3 is 15.3 Å². The molecule has 3 aliphatic rings. The van der Waals surface area contributed by atoms with E-state index in [-0.39, 0.29) is 30.4 Å². The van der Waals surface area contributed by atoms with E-state index in [0.717, 1.165) is 36.9 Å². The van der Waals surface area contributed by atoms with Gasteiger partial charge in [-0.05, 0) is 43.0 Å². The van der Waals surface area contributed by atoms with Crippen molar-refractivity contribution in [1.29, 1.82) is 0 Å². The van der Waals surface area contributed by atoms with Crippen LogP contribution in [-0.2, 0) is 16.1 Å². The molecule has 7 nitrogen and oxygen atoms in total. The molecule has 2 fully saturated rings. The summed E-state index contributed by atoms with van der Waals surface area (Å²) in [5.41, 5.74) is 2.35. The van der Waals surface area contributed by atoms with Gasteiger partial charge in [0.05, 0.1) is 12.1 Å². The monoisotopic (exact) mass is 357 g/mol. The quantitative estimate of drug-likeness (QED) is 0.705. The number of aliphatic hydroxyl groups excluding tert-OH is 1. The minimum atomic E-state index is -0.593. The molecule has 2 heterocycles. The molecule has 1 aliphatic carbocycles. The second-order valence-electron chi connectivity index (χ2n) is 7.37. The molecule has 1 saturated heterocycles. The molecule has 4 rings (SSSR count). The first-order valence-electron chi connectivity index (χ1n) is 9.25. The summed E-state index contributed by atoms with van der Waals surface area (Å²) in [5.74, 6) is -0.849. The lowest BCUT2D eigenvalue weighted by Crippen LogP contribution is -2.52. The lowest BCUT2D eigenvalue weighted by Gasteiger charge is -2.29. The Hall–Kier alpha value is -2.41. The number of aliphatic hydroxyl groups is 1. The highest BCUT2D eigenvalue weighted by atomic mass is 16.3. The Morgan fingerprint density at radius 1 is 1.12 bits per heavy atom. The zero-order valence-electron chi connectivity index (χ0n) is 14.5. The molecule has 138 valence electrons. The Morgan fingerprint density at radius 2 is 1.92 bits per heavy atom. The molecule has 1 aromatic rings. The van der Waals surface area contributed by atoms with E-state index in [4.69, 9.17) is 0 Å². The van der Waals surface area contributed by atoms with Crippen molar-refractivity contribution in [2.75, 3.05) is 5.32 Å². The Labute approximate surface area is 151 Å². The van der Waals surface area contributed by atoms with Gasteiger partial charge in [0.15, 0.2) is 0 Å². The second-order valence-corrected chi connectivity index (χ2v) is 7.37. The molecule has 3 amide bonds. The average Bonchev–Trinajstić information content (AvgIpc) is 2.93. The summed E-state index contributed by atoms with van der Waals surface area (Å²) in [4.78, 5) is 37.6. The van der Waals surface area contributed by atoms with Crippen molar-refractivity contribution < 1.29 is 19.5 Å². The van der Waals surface area contributed by atoms with Gasteiger partial charge in [0.2, 0.25) is 11.8 Å². The molecular formula is C19H23N3O4. The molecule has 1 saturated carbocycles. The number of nitrogens with zero attached hydrogens (tertiary/aromatic N) is 1. The van der Waals surface area contributed by atoms with Crippen molar-refractivity contribution >= 4 is 23.4 Å². The SMILES string of the molecule is O=C1CCC(N2Cc3cc(N[C@H]4CCCC[C@H]4O)ccc3C2=O)C(=O)N1. The molecule has 0 aromatic heterocycles. The highest BCUT2D eigenvalue weighted by Crippen LogP contribution is 2.30. The fourth-order valence-corrected chi connectivity index (χ4v) is 4.16. The fraction of sp³-hybridized carbons (Fsp3) is 0.526. The number of imide groups is 1. The van der Waals surface area contributed by atoms with Crippen LogP contribution < -0.4 is 10.6 Å². The molecular weight excluding hydrogens is 334 g/mol. The minimum Gasteiger partial charge on any atom is -0.391 e. The summed E-state index contributed by atoms with van der Waals surface area (Å²) in [6.45, 7) is 0.364. The molecule has 26 heavy (non-hydrogen) atoms. The van der Waals surface area contributed by atoms with Crippen LogP contribution >= 0.6 is 0 Å². The number of fused-ring (bicyclic) bond motifs is 1. The van der Waals surface area contributed by atoms with E-state index in [1.807, 2.05) is 12.1 Å². The first-order chi connectivity index (χ1) is 12.5. The summed E-state index contributed by atoms with van der Waals surface area (Å²) < 4.78 is 0. The van der Waals surface area contributed by atoms with Gasteiger partial charge in [-0.2, -0.15) is 0 Å². The Kier molecular flexibility index (Phi) is 4.40.